The zero-order valence-electron chi connectivity index (χ0n) is 22.4. The van der Waals surface area contributed by atoms with Crippen LogP contribution in [0.4, 0.5) is 16.3 Å². The number of urea groups is 1. The summed E-state index contributed by atoms with van der Waals surface area (Å²) in [6.07, 6.45) is 3.23. The predicted octanol–water partition coefficient (Wildman–Crippen LogP) is 2.44. The summed E-state index contributed by atoms with van der Waals surface area (Å²) < 4.78 is 31.9. The lowest BCUT2D eigenvalue weighted by Gasteiger charge is -2.36. The summed E-state index contributed by atoms with van der Waals surface area (Å²) in [5.41, 5.74) is 1.78. The zero-order valence-corrected chi connectivity index (χ0v) is 23.3. The summed E-state index contributed by atoms with van der Waals surface area (Å²) in [4.78, 5) is 23.9. The van der Waals surface area contributed by atoms with Crippen molar-refractivity contribution in [2.75, 3.05) is 55.5 Å². The minimum absolute atomic E-state index is 0.00326. The van der Waals surface area contributed by atoms with Crippen LogP contribution in [0.1, 0.15) is 51.1 Å². The van der Waals surface area contributed by atoms with Crippen molar-refractivity contribution in [3.8, 4) is 11.4 Å². The molecule has 0 radical (unpaired) electrons. The van der Waals surface area contributed by atoms with E-state index in [9.17, 15) is 18.3 Å². The number of aliphatic hydroxyl groups is 2. The molecular weight excluding hydrogens is 522 g/mol. The molecule has 1 aromatic carbocycles. The minimum atomic E-state index is -3.59. The van der Waals surface area contributed by atoms with Crippen LogP contribution < -0.4 is 15.5 Å². The molecule has 2 aromatic rings. The first-order valence-electron chi connectivity index (χ1n) is 13.6. The first kappa shape index (κ1) is 29.2. The molecule has 1 saturated carbocycles. The third-order valence-corrected chi connectivity index (χ3v) is 10.1. The van der Waals surface area contributed by atoms with E-state index in [1.165, 1.54) is 0 Å². The molecule has 2 heterocycles. The van der Waals surface area contributed by atoms with E-state index in [2.05, 4.69) is 22.5 Å². The van der Waals surface area contributed by atoms with Crippen LogP contribution in [0.25, 0.3) is 11.4 Å². The third kappa shape index (κ3) is 6.68. The molecule has 2 aliphatic rings. The van der Waals surface area contributed by atoms with Gasteiger partial charge in [0.1, 0.15) is 10.6 Å². The van der Waals surface area contributed by atoms with Gasteiger partial charge in [-0.3, -0.25) is 0 Å². The first-order valence-corrected chi connectivity index (χ1v) is 15.3. The molecule has 0 bridgehead atoms. The van der Waals surface area contributed by atoms with Gasteiger partial charge in [0.25, 0.3) is 0 Å². The lowest BCUT2D eigenvalue weighted by molar-refractivity contribution is 0.0985. The SMILES string of the molecule is C[C@H]1COCCN1c1cc(C2(S(=O)(=O)CCCO)CCCC2)nc(-c2ccc(NC(=O)NCCCO)cc2)n1. The summed E-state index contributed by atoms with van der Waals surface area (Å²) >= 11 is 0. The van der Waals surface area contributed by atoms with Crippen molar-refractivity contribution < 1.29 is 28.2 Å². The van der Waals surface area contributed by atoms with Gasteiger partial charge in [0, 0.05) is 43.6 Å². The second-order valence-electron chi connectivity index (χ2n) is 10.2. The van der Waals surface area contributed by atoms with E-state index >= 15 is 0 Å². The number of morpholine rings is 1. The van der Waals surface area contributed by atoms with Gasteiger partial charge in [0.15, 0.2) is 15.7 Å². The molecule has 39 heavy (non-hydrogen) atoms. The minimum Gasteiger partial charge on any atom is -0.396 e. The number of rotatable bonds is 11. The van der Waals surface area contributed by atoms with Crippen molar-refractivity contribution >= 4 is 27.4 Å². The number of sulfone groups is 1. The lowest BCUT2D eigenvalue weighted by atomic mass is 10.0. The maximum Gasteiger partial charge on any atom is 0.319 e. The van der Waals surface area contributed by atoms with E-state index in [1.807, 2.05) is 6.07 Å². The van der Waals surface area contributed by atoms with Crippen molar-refractivity contribution in [2.24, 2.45) is 0 Å². The van der Waals surface area contributed by atoms with Gasteiger partial charge < -0.3 is 30.5 Å². The van der Waals surface area contributed by atoms with E-state index in [-0.39, 0.29) is 37.5 Å². The number of ether oxygens (including phenoxy) is 1. The van der Waals surface area contributed by atoms with Crippen molar-refractivity contribution in [1.29, 1.82) is 0 Å². The average Bonchev–Trinajstić information content (AvgIpc) is 3.45. The quantitative estimate of drug-likeness (QED) is 0.303. The van der Waals surface area contributed by atoms with Crippen molar-refractivity contribution in [3.63, 3.8) is 0 Å². The molecule has 1 aliphatic heterocycles. The van der Waals surface area contributed by atoms with Gasteiger partial charge in [0.2, 0.25) is 0 Å². The van der Waals surface area contributed by atoms with Gasteiger partial charge >= 0.3 is 6.03 Å². The Hall–Kier alpha value is -2.80. The predicted molar refractivity (Wildman–Crippen MR) is 149 cm³/mol. The standard InChI is InChI=1S/C27H39N5O6S/c1-20-19-38-16-13-32(20)24-18-23(27(10-2-3-11-27)39(36,37)17-5-15-34)30-25(31-24)21-6-8-22(9-7-21)29-26(35)28-12-4-14-33/h6-9,18,20,33-34H,2-5,10-17,19H2,1H3,(H2,28,29,35)/t20-/m0/s1. The van der Waals surface area contributed by atoms with Crippen molar-refractivity contribution in [3.05, 3.63) is 36.0 Å². The van der Waals surface area contributed by atoms with Crippen LogP contribution in [0.2, 0.25) is 0 Å². The Morgan fingerprint density at radius 2 is 1.85 bits per heavy atom. The summed E-state index contributed by atoms with van der Waals surface area (Å²) in [6.45, 7) is 3.98. The fraction of sp³-hybridized carbons (Fsp3) is 0.593. The van der Waals surface area contributed by atoms with E-state index in [0.29, 0.717) is 74.2 Å². The van der Waals surface area contributed by atoms with Crippen LogP contribution in [0.5, 0.6) is 0 Å². The number of hydrogen-bond acceptors (Lipinski definition) is 9. The maximum absolute atomic E-state index is 13.7. The number of anilines is 2. The molecule has 1 saturated heterocycles. The Kier molecular flexibility index (Phi) is 9.76. The monoisotopic (exact) mass is 561 g/mol. The van der Waals surface area contributed by atoms with Crippen molar-refractivity contribution in [2.45, 2.75) is 56.2 Å². The number of carbonyl (C=O) groups excluding carboxylic acids is 1. The highest BCUT2D eigenvalue weighted by Gasteiger charge is 2.48. The largest absolute Gasteiger partial charge is 0.396 e. The van der Waals surface area contributed by atoms with Gasteiger partial charge in [-0.25, -0.2) is 23.2 Å². The van der Waals surface area contributed by atoms with Crippen LogP contribution >= 0.6 is 0 Å². The molecule has 0 spiro atoms. The van der Waals surface area contributed by atoms with E-state index in [4.69, 9.17) is 19.8 Å². The first-order chi connectivity index (χ1) is 18.8. The number of amides is 2. The molecular formula is C27H39N5O6S. The molecule has 2 amide bonds. The molecule has 214 valence electrons. The second kappa shape index (κ2) is 13.0. The van der Waals surface area contributed by atoms with Gasteiger partial charge in [-0.2, -0.15) is 0 Å². The second-order valence-corrected chi connectivity index (χ2v) is 12.6. The molecule has 1 atom stereocenters. The highest BCUT2D eigenvalue weighted by Crippen LogP contribution is 2.46. The molecule has 1 aliphatic carbocycles. The summed E-state index contributed by atoms with van der Waals surface area (Å²) in [5.74, 6) is 0.996. The van der Waals surface area contributed by atoms with Gasteiger partial charge in [-0.05, 0) is 56.9 Å². The van der Waals surface area contributed by atoms with Crippen LogP contribution in [0, 0.1) is 0 Å². The van der Waals surface area contributed by atoms with Crippen LogP contribution in [-0.2, 0) is 19.3 Å². The van der Waals surface area contributed by atoms with E-state index in [0.717, 1.165) is 12.8 Å². The zero-order chi connectivity index (χ0) is 27.9. The molecule has 2 fully saturated rings. The smallest absolute Gasteiger partial charge is 0.319 e. The number of carbonyl (C=O) groups is 1. The van der Waals surface area contributed by atoms with Crippen LogP contribution in [-0.4, -0.2) is 85.9 Å². The van der Waals surface area contributed by atoms with E-state index < -0.39 is 14.6 Å². The van der Waals surface area contributed by atoms with Gasteiger partial charge in [0.05, 0.1) is 30.7 Å². The van der Waals surface area contributed by atoms with Crippen LogP contribution in [0.15, 0.2) is 30.3 Å². The number of nitrogens with one attached hydrogen (secondary N) is 2. The maximum atomic E-state index is 13.7. The summed E-state index contributed by atoms with van der Waals surface area (Å²) in [5, 5.41) is 23.7. The lowest BCUT2D eigenvalue weighted by Crippen LogP contribution is -2.44. The molecule has 1 aromatic heterocycles. The number of aliphatic hydroxyl groups excluding tert-OH is 2. The Morgan fingerprint density at radius 3 is 2.51 bits per heavy atom. The fourth-order valence-corrected chi connectivity index (χ4v) is 7.53. The van der Waals surface area contributed by atoms with Gasteiger partial charge in [-0.15, -0.1) is 0 Å². The summed E-state index contributed by atoms with van der Waals surface area (Å²) in [6, 6.07) is 8.63. The number of hydrogen-bond donors (Lipinski definition) is 4. The molecule has 0 unspecified atom stereocenters. The van der Waals surface area contributed by atoms with Crippen molar-refractivity contribution in [1.82, 2.24) is 15.3 Å². The highest BCUT2D eigenvalue weighted by atomic mass is 32.2. The Morgan fingerprint density at radius 1 is 1.13 bits per heavy atom. The van der Waals surface area contributed by atoms with Crippen LogP contribution in [0.3, 0.4) is 0 Å². The highest BCUT2D eigenvalue weighted by molar-refractivity contribution is 7.92. The van der Waals surface area contributed by atoms with E-state index in [1.54, 1.807) is 24.3 Å². The molecule has 11 nitrogen and oxygen atoms in total. The Labute approximate surface area is 229 Å². The fourth-order valence-electron chi connectivity index (χ4n) is 5.29. The number of benzene rings is 1. The Balaban J connectivity index is 1.71. The topological polar surface area (TPSA) is 154 Å². The number of nitrogens with zero attached hydrogens (tertiary/aromatic N) is 3. The third-order valence-electron chi connectivity index (χ3n) is 7.44. The Bertz CT molecular complexity index is 1220. The molecule has 4 rings (SSSR count). The van der Waals surface area contributed by atoms with Gasteiger partial charge in [-0.1, -0.05) is 12.8 Å². The summed E-state index contributed by atoms with van der Waals surface area (Å²) in [7, 11) is -3.59. The molecule has 4 N–H and O–H groups in total. The molecule has 12 heteroatoms. The average molecular weight is 562 g/mol. The normalized spacial score (nSPS) is 19.2. The number of aromatic nitrogens is 2.